The van der Waals surface area contributed by atoms with Gasteiger partial charge in [-0.05, 0) is 12.1 Å². The molecule has 7 heteroatoms. The summed E-state index contributed by atoms with van der Waals surface area (Å²) >= 11 is 11.8. The predicted molar refractivity (Wildman–Crippen MR) is 75.8 cm³/mol. The molecule has 0 radical (unpaired) electrons. The van der Waals surface area contributed by atoms with Crippen molar-refractivity contribution in [2.75, 3.05) is 11.9 Å². The summed E-state index contributed by atoms with van der Waals surface area (Å²) in [5.74, 6) is 0. The number of nitrogens with one attached hydrogen (secondary N) is 3. The van der Waals surface area contributed by atoms with Crippen molar-refractivity contribution >= 4 is 34.9 Å². The van der Waals surface area contributed by atoms with Crippen molar-refractivity contribution < 1.29 is 4.79 Å². The summed E-state index contributed by atoms with van der Waals surface area (Å²) in [6.45, 7) is 0.492. The number of carbonyl (C=O) groups is 1. The molecule has 2 aromatic rings. The molecule has 1 aromatic carbocycles. The Morgan fingerprint density at radius 3 is 2.95 bits per heavy atom. The summed E-state index contributed by atoms with van der Waals surface area (Å²) in [5, 5.41) is 6.08. The molecule has 1 aromatic heterocycles. The maximum atomic E-state index is 11.7. The lowest BCUT2D eigenvalue weighted by molar-refractivity contribution is 0.252. The molecular weight excluding hydrogens is 287 g/mol. The Balaban J connectivity index is 1.82. The second kappa shape index (κ2) is 6.45. The van der Waals surface area contributed by atoms with E-state index in [0.717, 1.165) is 5.69 Å². The molecule has 2 rings (SSSR count). The summed E-state index contributed by atoms with van der Waals surface area (Å²) < 4.78 is 0. The topological polar surface area (TPSA) is 69.8 Å². The number of rotatable bonds is 4. The highest BCUT2D eigenvalue weighted by Gasteiger charge is 2.07. The first-order valence-electron chi connectivity index (χ1n) is 5.63. The first-order valence-corrected chi connectivity index (χ1v) is 6.38. The van der Waals surface area contributed by atoms with Gasteiger partial charge in [-0.2, -0.15) is 0 Å². The van der Waals surface area contributed by atoms with Gasteiger partial charge < -0.3 is 15.6 Å². The molecule has 0 unspecified atom stereocenters. The minimum absolute atomic E-state index is 0.327. The quantitative estimate of drug-likeness (QED) is 0.812. The third-order valence-electron chi connectivity index (χ3n) is 2.43. The molecule has 0 aliphatic carbocycles. The predicted octanol–water partition coefficient (Wildman–Crippen LogP) is 3.08. The van der Waals surface area contributed by atoms with Gasteiger partial charge in [-0.3, -0.25) is 0 Å². The maximum absolute atomic E-state index is 11.7. The number of carbonyl (C=O) groups excluding carboxylic acids is 1. The van der Waals surface area contributed by atoms with Crippen molar-refractivity contribution in [1.82, 2.24) is 15.3 Å². The van der Waals surface area contributed by atoms with Crippen molar-refractivity contribution in [3.05, 3.63) is 46.5 Å². The zero-order chi connectivity index (χ0) is 13.7. The fourth-order valence-corrected chi connectivity index (χ4v) is 1.85. The number of imidazole rings is 1. The largest absolute Gasteiger partial charge is 0.348 e. The van der Waals surface area contributed by atoms with Gasteiger partial charge in [-0.15, -0.1) is 0 Å². The number of aromatic nitrogens is 2. The van der Waals surface area contributed by atoms with Crippen LogP contribution in [0.5, 0.6) is 0 Å². The van der Waals surface area contributed by atoms with E-state index >= 15 is 0 Å². The number of nitrogens with zero attached hydrogens (tertiary/aromatic N) is 1. The highest BCUT2D eigenvalue weighted by molar-refractivity contribution is 6.43. The van der Waals surface area contributed by atoms with E-state index in [1.807, 2.05) is 0 Å². The molecule has 0 fully saturated rings. The average Bonchev–Trinajstić information content (AvgIpc) is 2.88. The number of amides is 2. The lowest BCUT2D eigenvalue weighted by Crippen LogP contribution is -2.30. The molecule has 5 nitrogen and oxygen atoms in total. The van der Waals surface area contributed by atoms with E-state index in [9.17, 15) is 4.79 Å². The summed E-state index contributed by atoms with van der Waals surface area (Å²) in [6.07, 6.45) is 3.99. The van der Waals surface area contributed by atoms with Gasteiger partial charge in [-0.1, -0.05) is 29.3 Å². The Morgan fingerprint density at radius 1 is 1.37 bits per heavy atom. The number of benzene rings is 1. The van der Waals surface area contributed by atoms with Gasteiger partial charge in [0, 0.05) is 24.9 Å². The van der Waals surface area contributed by atoms with Gasteiger partial charge in [0.1, 0.15) is 0 Å². The molecule has 19 heavy (non-hydrogen) atoms. The van der Waals surface area contributed by atoms with E-state index in [2.05, 4.69) is 20.6 Å². The Hall–Kier alpha value is -1.72. The van der Waals surface area contributed by atoms with Crippen LogP contribution in [0, 0.1) is 0 Å². The number of hydrogen-bond acceptors (Lipinski definition) is 2. The van der Waals surface area contributed by atoms with Crippen LogP contribution in [-0.2, 0) is 6.42 Å². The highest BCUT2D eigenvalue weighted by Crippen LogP contribution is 2.29. The second-order valence-electron chi connectivity index (χ2n) is 3.81. The standard InChI is InChI=1S/C12H12Cl2N4O/c13-9-2-1-3-10(11(9)14)18-12(19)16-5-4-8-6-15-7-17-8/h1-3,6-7H,4-5H2,(H,15,17)(H2,16,18,19). The van der Waals surface area contributed by atoms with Crippen molar-refractivity contribution in [3.63, 3.8) is 0 Å². The van der Waals surface area contributed by atoms with Crippen LogP contribution in [0.1, 0.15) is 5.69 Å². The fourth-order valence-electron chi connectivity index (χ4n) is 1.50. The van der Waals surface area contributed by atoms with Gasteiger partial charge >= 0.3 is 6.03 Å². The molecule has 100 valence electrons. The van der Waals surface area contributed by atoms with Crippen LogP contribution in [0.15, 0.2) is 30.7 Å². The molecule has 0 atom stereocenters. The number of aromatic amines is 1. The summed E-state index contributed by atoms with van der Waals surface area (Å²) in [4.78, 5) is 18.5. The van der Waals surface area contributed by atoms with E-state index in [1.54, 1.807) is 30.7 Å². The Labute approximate surface area is 120 Å². The van der Waals surface area contributed by atoms with Gasteiger partial charge in [0.25, 0.3) is 0 Å². The Morgan fingerprint density at radius 2 is 2.21 bits per heavy atom. The lowest BCUT2D eigenvalue weighted by Gasteiger charge is -2.09. The molecule has 0 spiro atoms. The molecule has 0 saturated heterocycles. The lowest BCUT2D eigenvalue weighted by atomic mass is 10.3. The van der Waals surface area contributed by atoms with E-state index in [-0.39, 0.29) is 6.03 Å². The molecule has 0 aliphatic heterocycles. The third kappa shape index (κ3) is 3.87. The SMILES string of the molecule is O=C(NCCc1cnc[nH]1)Nc1cccc(Cl)c1Cl. The number of hydrogen-bond donors (Lipinski definition) is 3. The van der Waals surface area contributed by atoms with Crippen molar-refractivity contribution in [2.24, 2.45) is 0 Å². The monoisotopic (exact) mass is 298 g/mol. The van der Waals surface area contributed by atoms with E-state index in [1.165, 1.54) is 0 Å². The molecule has 3 N–H and O–H groups in total. The zero-order valence-electron chi connectivity index (χ0n) is 9.91. The molecule has 2 amide bonds. The smallest absolute Gasteiger partial charge is 0.319 e. The number of urea groups is 1. The minimum atomic E-state index is -0.330. The molecule has 0 saturated carbocycles. The number of anilines is 1. The van der Waals surface area contributed by atoms with Crippen LogP contribution < -0.4 is 10.6 Å². The van der Waals surface area contributed by atoms with Gasteiger partial charge in [0.05, 0.1) is 22.1 Å². The number of halogens is 2. The summed E-state index contributed by atoms with van der Waals surface area (Å²) in [6, 6.07) is 4.73. The second-order valence-corrected chi connectivity index (χ2v) is 4.59. The van der Waals surface area contributed by atoms with Crippen LogP contribution in [0.2, 0.25) is 10.0 Å². The van der Waals surface area contributed by atoms with Crippen molar-refractivity contribution in [2.45, 2.75) is 6.42 Å². The number of H-pyrrole nitrogens is 1. The molecular formula is C12H12Cl2N4O. The first kappa shape index (κ1) is 13.7. The summed E-state index contributed by atoms with van der Waals surface area (Å²) in [5.41, 5.74) is 1.44. The van der Waals surface area contributed by atoms with E-state index in [0.29, 0.717) is 28.7 Å². The maximum Gasteiger partial charge on any atom is 0.319 e. The summed E-state index contributed by atoms with van der Waals surface area (Å²) in [7, 11) is 0. The van der Waals surface area contributed by atoms with Crippen LogP contribution in [0.4, 0.5) is 10.5 Å². The van der Waals surface area contributed by atoms with E-state index < -0.39 is 0 Å². The molecule has 0 bridgehead atoms. The molecule has 0 aliphatic rings. The van der Waals surface area contributed by atoms with Crippen molar-refractivity contribution in [3.8, 4) is 0 Å². The van der Waals surface area contributed by atoms with Crippen LogP contribution in [0.25, 0.3) is 0 Å². The fraction of sp³-hybridized carbons (Fsp3) is 0.167. The Bertz CT molecular complexity index is 557. The van der Waals surface area contributed by atoms with Gasteiger partial charge in [0.15, 0.2) is 0 Å². The van der Waals surface area contributed by atoms with Crippen LogP contribution >= 0.6 is 23.2 Å². The molecule has 1 heterocycles. The highest BCUT2D eigenvalue weighted by atomic mass is 35.5. The minimum Gasteiger partial charge on any atom is -0.348 e. The van der Waals surface area contributed by atoms with E-state index in [4.69, 9.17) is 23.2 Å². The normalized spacial score (nSPS) is 10.2. The third-order valence-corrected chi connectivity index (χ3v) is 3.25. The van der Waals surface area contributed by atoms with Gasteiger partial charge in [0.2, 0.25) is 0 Å². The van der Waals surface area contributed by atoms with Crippen LogP contribution in [-0.4, -0.2) is 22.5 Å². The average molecular weight is 299 g/mol. The Kier molecular flexibility index (Phi) is 4.65. The first-order chi connectivity index (χ1) is 9.16. The van der Waals surface area contributed by atoms with Crippen LogP contribution in [0.3, 0.4) is 0 Å². The van der Waals surface area contributed by atoms with Gasteiger partial charge in [-0.25, -0.2) is 9.78 Å². The zero-order valence-corrected chi connectivity index (χ0v) is 11.4. The van der Waals surface area contributed by atoms with Crippen molar-refractivity contribution in [1.29, 1.82) is 0 Å².